The zero-order valence-electron chi connectivity index (χ0n) is 16.1. The lowest BCUT2D eigenvalue weighted by Gasteiger charge is -2.34. The van der Waals surface area contributed by atoms with Gasteiger partial charge in [-0.1, -0.05) is 6.07 Å². The number of rotatable bonds is 6. The number of nitrogens with two attached hydrogens (primary N) is 1. The molecule has 1 saturated carbocycles. The molecule has 28 heavy (non-hydrogen) atoms. The highest BCUT2D eigenvalue weighted by Gasteiger charge is 2.30. The molecule has 4 N–H and O–H groups in total. The van der Waals surface area contributed by atoms with Crippen LogP contribution in [0.4, 0.5) is 5.82 Å². The van der Waals surface area contributed by atoms with Crippen molar-refractivity contribution in [3.8, 4) is 0 Å². The van der Waals surface area contributed by atoms with Crippen LogP contribution in [0.2, 0.25) is 0 Å². The van der Waals surface area contributed by atoms with Crippen molar-refractivity contribution in [2.24, 2.45) is 11.8 Å². The molecule has 1 aliphatic carbocycles. The molecule has 7 nitrogen and oxygen atoms in total. The molecule has 3 rings (SSSR count). The van der Waals surface area contributed by atoms with E-state index in [1.807, 2.05) is 18.2 Å². The molecule has 0 radical (unpaired) electrons. The van der Waals surface area contributed by atoms with Gasteiger partial charge < -0.3 is 16.4 Å². The van der Waals surface area contributed by atoms with Gasteiger partial charge in [-0.3, -0.25) is 14.6 Å². The van der Waals surface area contributed by atoms with Crippen molar-refractivity contribution in [3.05, 3.63) is 54.0 Å². The van der Waals surface area contributed by atoms with Gasteiger partial charge in [-0.25, -0.2) is 4.98 Å². The van der Waals surface area contributed by atoms with E-state index >= 15 is 0 Å². The number of amides is 2. The quantitative estimate of drug-likeness (QED) is 0.712. The Hall–Kier alpha value is -2.96. The summed E-state index contributed by atoms with van der Waals surface area (Å²) in [5.74, 6) is 0.785. The van der Waals surface area contributed by atoms with Crippen LogP contribution in [0.5, 0.6) is 0 Å². The molecule has 0 bridgehead atoms. The maximum atomic E-state index is 12.3. The van der Waals surface area contributed by atoms with Crippen LogP contribution in [0.15, 0.2) is 42.7 Å². The molecule has 1 fully saturated rings. The second kappa shape index (κ2) is 9.30. The first-order valence-electron chi connectivity index (χ1n) is 9.71. The normalized spacial score (nSPS) is 20.2. The van der Waals surface area contributed by atoms with E-state index in [9.17, 15) is 9.59 Å². The molecule has 0 spiro atoms. The number of hydrogen-bond acceptors (Lipinski definition) is 5. The third kappa shape index (κ3) is 5.06. The van der Waals surface area contributed by atoms with Gasteiger partial charge in [0.15, 0.2) is 0 Å². The Morgan fingerprint density at radius 1 is 1.11 bits per heavy atom. The minimum atomic E-state index is -0.183. The first kappa shape index (κ1) is 19.8. The number of pyridine rings is 2. The van der Waals surface area contributed by atoms with Crippen molar-refractivity contribution >= 4 is 17.6 Å². The van der Waals surface area contributed by atoms with Gasteiger partial charge in [-0.2, -0.15) is 0 Å². The maximum Gasteiger partial charge on any atom is 0.255 e. The SMILES string of the molecule is CC(=O)NC(c1ccccn1)C1CCC(CNC(=O)c2cccnc2N)CC1. The smallest absolute Gasteiger partial charge is 0.255 e. The average molecular weight is 381 g/mol. The Kier molecular flexibility index (Phi) is 6.57. The van der Waals surface area contributed by atoms with Crippen LogP contribution in [0.1, 0.15) is 54.7 Å². The van der Waals surface area contributed by atoms with E-state index < -0.39 is 0 Å². The van der Waals surface area contributed by atoms with Crippen molar-refractivity contribution in [2.75, 3.05) is 12.3 Å². The summed E-state index contributed by atoms with van der Waals surface area (Å²) in [6.07, 6.45) is 7.29. The standard InChI is InChI=1S/C21H27N5O2/c1-14(27)26-19(18-6-2-3-11-23-18)16-9-7-15(8-10-16)13-25-21(28)17-5-4-12-24-20(17)22/h2-6,11-12,15-16,19H,7-10,13H2,1H3,(H2,22,24)(H,25,28)(H,26,27). The lowest BCUT2D eigenvalue weighted by molar-refractivity contribution is -0.120. The predicted octanol–water partition coefficient (Wildman–Crippen LogP) is 2.47. The van der Waals surface area contributed by atoms with Crippen molar-refractivity contribution < 1.29 is 9.59 Å². The number of nitrogens with one attached hydrogen (secondary N) is 2. The summed E-state index contributed by atoms with van der Waals surface area (Å²) in [4.78, 5) is 32.4. The van der Waals surface area contributed by atoms with Gasteiger partial charge in [-0.05, 0) is 61.8 Å². The van der Waals surface area contributed by atoms with Crippen molar-refractivity contribution in [3.63, 3.8) is 0 Å². The van der Waals surface area contributed by atoms with Gasteiger partial charge in [0.1, 0.15) is 5.82 Å². The summed E-state index contributed by atoms with van der Waals surface area (Å²) < 4.78 is 0. The molecule has 2 aromatic heterocycles. The molecule has 0 aromatic carbocycles. The van der Waals surface area contributed by atoms with Crippen LogP contribution in [-0.4, -0.2) is 28.3 Å². The van der Waals surface area contributed by atoms with E-state index in [1.165, 1.54) is 0 Å². The summed E-state index contributed by atoms with van der Waals surface area (Å²) in [6.45, 7) is 2.16. The fraction of sp³-hybridized carbons (Fsp3) is 0.429. The molecule has 7 heteroatoms. The number of nitrogen functional groups attached to an aromatic ring is 1. The number of hydrogen-bond donors (Lipinski definition) is 3. The highest BCUT2D eigenvalue weighted by atomic mass is 16.2. The van der Waals surface area contributed by atoms with Gasteiger partial charge in [-0.15, -0.1) is 0 Å². The van der Waals surface area contributed by atoms with E-state index in [-0.39, 0.29) is 23.7 Å². The maximum absolute atomic E-state index is 12.3. The monoisotopic (exact) mass is 381 g/mol. The van der Waals surface area contributed by atoms with Crippen LogP contribution in [0.25, 0.3) is 0 Å². The zero-order valence-corrected chi connectivity index (χ0v) is 16.1. The van der Waals surface area contributed by atoms with E-state index in [4.69, 9.17) is 5.73 Å². The minimum absolute atomic E-state index is 0.0425. The lowest BCUT2D eigenvalue weighted by atomic mass is 9.77. The van der Waals surface area contributed by atoms with Crippen LogP contribution >= 0.6 is 0 Å². The predicted molar refractivity (Wildman–Crippen MR) is 107 cm³/mol. The van der Waals surface area contributed by atoms with Crippen LogP contribution in [0.3, 0.4) is 0 Å². The number of anilines is 1. The van der Waals surface area contributed by atoms with Gasteiger partial charge >= 0.3 is 0 Å². The first-order chi connectivity index (χ1) is 13.5. The number of carbonyl (C=O) groups is 2. The van der Waals surface area contributed by atoms with E-state index in [2.05, 4.69) is 20.6 Å². The zero-order chi connectivity index (χ0) is 19.9. The van der Waals surface area contributed by atoms with Crippen LogP contribution in [-0.2, 0) is 4.79 Å². The third-order valence-electron chi connectivity index (χ3n) is 5.36. The fourth-order valence-corrected chi connectivity index (χ4v) is 3.88. The Morgan fingerprint density at radius 2 is 1.86 bits per heavy atom. The molecule has 1 aliphatic rings. The third-order valence-corrected chi connectivity index (χ3v) is 5.36. The minimum Gasteiger partial charge on any atom is -0.383 e. The van der Waals surface area contributed by atoms with Crippen LogP contribution < -0.4 is 16.4 Å². The summed E-state index contributed by atoms with van der Waals surface area (Å²) in [5, 5.41) is 6.04. The van der Waals surface area contributed by atoms with Gasteiger partial charge in [0.05, 0.1) is 17.3 Å². The molecule has 1 unspecified atom stereocenters. The summed E-state index contributed by atoms with van der Waals surface area (Å²) in [6, 6.07) is 9.11. The Labute approximate surface area is 165 Å². The van der Waals surface area contributed by atoms with Gasteiger partial charge in [0.2, 0.25) is 5.91 Å². The molecule has 148 valence electrons. The Balaban J connectivity index is 1.54. The molecule has 0 aliphatic heterocycles. The molecule has 2 amide bonds. The van der Waals surface area contributed by atoms with Crippen molar-refractivity contribution in [2.45, 2.75) is 38.6 Å². The molecule has 2 aromatic rings. The van der Waals surface area contributed by atoms with Gasteiger partial charge in [0, 0.05) is 25.9 Å². The largest absolute Gasteiger partial charge is 0.383 e. The highest BCUT2D eigenvalue weighted by Crippen LogP contribution is 2.36. The molecule has 2 heterocycles. The number of aromatic nitrogens is 2. The second-order valence-corrected chi connectivity index (χ2v) is 7.36. The average Bonchev–Trinajstić information content (AvgIpc) is 2.71. The summed E-state index contributed by atoms with van der Waals surface area (Å²) >= 11 is 0. The summed E-state index contributed by atoms with van der Waals surface area (Å²) in [5.41, 5.74) is 7.08. The summed E-state index contributed by atoms with van der Waals surface area (Å²) in [7, 11) is 0. The van der Waals surface area contributed by atoms with Gasteiger partial charge in [0.25, 0.3) is 5.91 Å². The molecular weight excluding hydrogens is 354 g/mol. The first-order valence-corrected chi connectivity index (χ1v) is 9.71. The Morgan fingerprint density at radius 3 is 2.50 bits per heavy atom. The van der Waals surface area contributed by atoms with Crippen molar-refractivity contribution in [1.82, 2.24) is 20.6 Å². The van der Waals surface area contributed by atoms with E-state index in [0.29, 0.717) is 23.9 Å². The van der Waals surface area contributed by atoms with Crippen molar-refractivity contribution in [1.29, 1.82) is 0 Å². The lowest BCUT2D eigenvalue weighted by Crippen LogP contribution is -2.36. The fourth-order valence-electron chi connectivity index (χ4n) is 3.88. The molecule has 0 saturated heterocycles. The van der Waals surface area contributed by atoms with Crippen LogP contribution in [0, 0.1) is 11.8 Å². The Bertz CT molecular complexity index is 803. The topological polar surface area (TPSA) is 110 Å². The molecular formula is C21H27N5O2. The van der Waals surface area contributed by atoms with E-state index in [1.54, 1.807) is 31.5 Å². The number of nitrogens with zero attached hydrogens (tertiary/aromatic N) is 2. The van der Waals surface area contributed by atoms with E-state index in [0.717, 1.165) is 31.4 Å². The number of carbonyl (C=O) groups excluding carboxylic acids is 2. The second-order valence-electron chi connectivity index (χ2n) is 7.36. The highest BCUT2D eigenvalue weighted by molar-refractivity contribution is 5.98. The molecule has 1 atom stereocenters.